The van der Waals surface area contributed by atoms with E-state index in [1.165, 1.54) is 38.1 Å². The molecule has 24 nitrogen and oxygen atoms in total. The fourth-order valence-electron chi connectivity index (χ4n) is 6.90. The fraction of sp³-hybridized carbons (Fsp3) is 0.667. The molecule has 1 rings (SSSR count). The number of carboxylic acid groups (broad SMARTS) is 1. The molecule has 0 spiro atoms. The maximum absolute atomic E-state index is 14.2. The number of hydrogen-bond acceptors (Lipinski definition) is 14. The summed E-state index contributed by atoms with van der Waals surface area (Å²) in [5.74, 6) is -7.68. The first-order chi connectivity index (χ1) is 32.4. The molecule has 0 aliphatic rings. The van der Waals surface area contributed by atoms with Gasteiger partial charge in [-0.05, 0) is 114 Å². The lowest BCUT2D eigenvalue weighted by Gasteiger charge is -2.29. The largest absolute Gasteiger partial charge is 0.508 e. The summed E-state index contributed by atoms with van der Waals surface area (Å²) in [6, 6.07) is -4.70. The Morgan fingerprint density at radius 3 is 1.49 bits per heavy atom. The maximum atomic E-state index is 14.2. The molecule has 0 aliphatic heterocycles. The normalized spacial score (nSPS) is 15.1. The number of nitrogens with zero attached hydrogens (tertiary/aromatic N) is 1. The molecule has 24 heteroatoms. The number of nitrogens with one attached hydrogen (secondary N) is 7. The zero-order valence-electron chi connectivity index (χ0n) is 40.8. The summed E-state index contributed by atoms with van der Waals surface area (Å²) >= 11 is 0. The Kier molecular flexibility index (Phi) is 28.1. The van der Waals surface area contributed by atoms with Gasteiger partial charge in [0.25, 0.3) is 0 Å². The molecule has 20 N–H and O–H groups in total. The first-order valence-electron chi connectivity index (χ1n) is 23.4. The van der Waals surface area contributed by atoms with E-state index in [1.807, 2.05) is 13.8 Å². The number of unbranched alkanes of at least 4 members (excludes halogenated alkanes) is 2. The minimum atomic E-state index is -1.73. The molecular weight excluding hydrogens is 899 g/mol. The highest BCUT2D eigenvalue weighted by atomic mass is 16.4. The van der Waals surface area contributed by atoms with Gasteiger partial charge in [-0.1, -0.05) is 39.8 Å². The van der Waals surface area contributed by atoms with E-state index < -0.39 is 108 Å². The van der Waals surface area contributed by atoms with Crippen molar-refractivity contribution in [1.82, 2.24) is 37.2 Å². The molecule has 69 heavy (non-hydrogen) atoms. The van der Waals surface area contributed by atoms with E-state index in [0.717, 1.165) is 0 Å². The van der Waals surface area contributed by atoms with Gasteiger partial charge >= 0.3 is 5.97 Å². The topological polar surface area (TPSA) is 424 Å². The number of rotatable bonds is 33. The van der Waals surface area contributed by atoms with Crippen LogP contribution in [0.25, 0.3) is 0 Å². The number of carboxylic acids is 1. The summed E-state index contributed by atoms with van der Waals surface area (Å²) in [4.78, 5) is 112. The van der Waals surface area contributed by atoms with Crippen molar-refractivity contribution in [1.29, 1.82) is 0 Å². The minimum absolute atomic E-state index is 0.0129. The van der Waals surface area contributed by atoms with Crippen LogP contribution in [0.4, 0.5) is 0 Å². The second kappa shape index (κ2) is 31.8. The van der Waals surface area contributed by atoms with Crippen molar-refractivity contribution in [3.63, 3.8) is 0 Å². The average molecular weight is 978 g/mol. The van der Waals surface area contributed by atoms with Crippen LogP contribution in [0.2, 0.25) is 0 Å². The van der Waals surface area contributed by atoms with Crippen LogP contribution in [0.15, 0.2) is 29.3 Å². The summed E-state index contributed by atoms with van der Waals surface area (Å²) in [5.41, 5.74) is 28.7. The number of aliphatic imine (C=N–C) groups is 1. The van der Waals surface area contributed by atoms with Crippen LogP contribution in [0.5, 0.6) is 5.75 Å². The number of benzene rings is 1. The highest BCUT2D eigenvalue weighted by Crippen LogP contribution is 2.14. The van der Waals surface area contributed by atoms with Crippen LogP contribution in [0, 0.1) is 11.8 Å². The Hall–Kier alpha value is -6.11. The van der Waals surface area contributed by atoms with Gasteiger partial charge in [0.1, 0.15) is 48.0 Å². The van der Waals surface area contributed by atoms with E-state index in [0.29, 0.717) is 44.2 Å². The molecule has 9 atom stereocenters. The third kappa shape index (κ3) is 23.6. The standard InChI is InChI=1S/C45H79N13O11/c1-24(2)22-30(48)38(62)52-26(5)37(61)53-33(14-11-21-51-45(49)50)40(64)56-34(23-28-15-17-29(60)18-16-28)42(66)58-36(27(6)59)43(67)55-31(12-7-9-19-46)39(63)54-32(13-8-10-20-47)41(65)57-35(25(3)4)44(68)69/h15-18,24-27,30-36,59-60H,7-14,19-23,46-48H2,1-6H3,(H,52,62)(H,53,61)(H,54,63)(H,55,67)(H,56,64)(H,57,65)(H,58,66)(H,68,69)(H4,49,50,51)/t26-,27+,30-,31-,32-,33-,34-,35-,36-/m0/s1. The summed E-state index contributed by atoms with van der Waals surface area (Å²) < 4.78 is 0. The van der Waals surface area contributed by atoms with Gasteiger partial charge in [-0.2, -0.15) is 0 Å². The molecular formula is C45H79N13O11. The van der Waals surface area contributed by atoms with E-state index in [1.54, 1.807) is 13.8 Å². The van der Waals surface area contributed by atoms with Crippen molar-refractivity contribution in [3.8, 4) is 5.75 Å². The van der Waals surface area contributed by atoms with Crippen molar-refractivity contribution in [2.24, 2.45) is 45.5 Å². The van der Waals surface area contributed by atoms with Crippen LogP contribution >= 0.6 is 0 Å². The van der Waals surface area contributed by atoms with Gasteiger partial charge < -0.3 is 81.2 Å². The lowest BCUT2D eigenvalue weighted by atomic mass is 10.0. The number of hydrogen-bond donors (Lipinski definition) is 15. The minimum Gasteiger partial charge on any atom is -0.508 e. The highest BCUT2D eigenvalue weighted by Gasteiger charge is 2.36. The lowest BCUT2D eigenvalue weighted by molar-refractivity contribution is -0.143. The summed E-state index contributed by atoms with van der Waals surface area (Å²) in [7, 11) is 0. The van der Waals surface area contributed by atoms with E-state index in [-0.39, 0.29) is 62.8 Å². The summed E-state index contributed by atoms with van der Waals surface area (Å²) in [6.07, 6.45) is 0.448. The van der Waals surface area contributed by atoms with Crippen LogP contribution < -0.4 is 65.9 Å². The van der Waals surface area contributed by atoms with Gasteiger partial charge in [-0.15, -0.1) is 0 Å². The van der Waals surface area contributed by atoms with Gasteiger partial charge in [0.15, 0.2) is 5.96 Å². The molecule has 0 saturated heterocycles. The quantitative estimate of drug-likeness (QED) is 0.0192. The van der Waals surface area contributed by atoms with Crippen molar-refractivity contribution in [2.45, 2.75) is 160 Å². The second-order valence-electron chi connectivity index (χ2n) is 17.9. The lowest BCUT2D eigenvalue weighted by Crippen LogP contribution is -2.62. The van der Waals surface area contributed by atoms with Crippen LogP contribution in [0.3, 0.4) is 0 Å². The summed E-state index contributed by atoms with van der Waals surface area (Å²) in [5, 5.41) is 48.4. The monoisotopic (exact) mass is 978 g/mol. The molecule has 1 aromatic carbocycles. The number of guanidine groups is 1. The Balaban J connectivity index is 3.53. The van der Waals surface area contributed by atoms with Gasteiger partial charge in [-0.3, -0.25) is 38.6 Å². The zero-order chi connectivity index (χ0) is 52.4. The third-order valence-electron chi connectivity index (χ3n) is 10.9. The predicted octanol–water partition coefficient (Wildman–Crippen LogP) is -2.85. The average Bonchev–Trinajstić information content (AvgIpc) is 3.27. The Morgan fingerprint density at radius 2 is 1.03 bits per heavy atom. The number of aliphatic hydroxyl groups excluding tert-OH is 1. The summed E-state index contributed by atoms with van der Waals surface area (Å²) in [6.45, 7) is 10.2. The molecule has 0 unspecified atom stereocenters. The maximum Gasteiger partial charge on any atom is 0.326 e. The molecule has 0 fully saturated rings. The van der Waals surface area contributed by atoms with E-state index >= 15 is 0 Å². The number of phenolic OH excluding ortho intramolecular Hbond substituents is 1. The number of phenols is 1. The number of nitrogens with two attached hydrogens (primary N) is 5. The molecule has 1 aromatic rings. The number of carbonyl (C=O) groups is 8. The first kappa shape index (κ1) is 60.9. The van der Waals surface area contributed by atoms with Crippen molar-refractivity contribution >= 4 is 53.3 Å². The number of carbonyl (C=O) groups excluding carboxylic acids is 7. The van der Waals surface area contributed by atoms with Crippen molar-refractivity contribution < 1.29 is 53.7 Å². The predicted molar refractivity (Wildman–Crippen MR) is 258 cm³/mol. The van der Waals surface area contributed by atoms with Crippen LogP contribution in [0.1, 0.15) is 105 Å². The molecule has 0 aliphatic carbocycles. The van der Waals surface area contributed by atoms with E-state index in [4.69, 9.17) is 28.7 Å². The molecule has 0 aromatic heterocycles. The van der Waals surface area contributed by atoms with Gasteiger partial charge in [0, 0.05) is 13.0 Å². The van der Waals surface area contributed by atoms with Gasteiger partial charge in [-0.25, -0.2) is 4.79 Å². The first-order valence-corrected chi connectivity index (χ1v) is 23.4. The molecule has 0 radical (unpaired) electrons. The molecule has 0 bridgehead atoms. The van der Waals surface area contributed by atoms with E-state index in [9.17, 15) is 53.7 Å². The number of aliphatic carboxylic acids is 1. The van der Waals surface area contributed by atoms with Crippen LogP contribution in [-0.4, -0.2) is 143 Å². The molecule has 390 valence electrons. The Bertz CT molecular complexity index is 1850. The fourth-order valence-corrected chi connectivity index (χ4v) is 6.90. The van der Waals surface area contributed by atoms with Crippen molar-refractivity contribution in [2.75, 3.05) is 19.6 Å². The number of aliphatic hydroxyl groups is 1. The number of aromatic hydroxyl groups is 1. The van der Waals surface area contributed by atoms with Gasteiger partial charge in [0.2, 0.25) is 41.4 Å². The molecule has 7 amide bonds. The van der Waals surface area contributed by atoms with Crippen LogP contribution in [-0.2, 0) is 44.8 Å². The molecule has 0 heterocycles. The zero-order valence-corrected chi connectivity index (χ0v) is 40.8. The van der Waals surface area contributed by atoms with Gasteiger partial charge in [0.05, 0.1) is 12.1 Å². The SMILES string of the molecule is CC(C)C[C@H](N)C(=O)N[C@@H](C)C(=O)N[C@@H](CCCN=C(N)N)C(=O)N[C@@H](Cc1ccc(O)cc1)C(=O)N[C@H](C(=O)N[C@@H](CCCCN)C(=O)N[C@@H](CCCCN)C(=O)N[C@H](C(=O)O)C(C)C)[C@@H](C)O. The Morgan fingerprint density at radius 1 is 0.580 bits per heavy atom. The smallest absolute Gasteiger partial charge is 0.326 e. The van der Waals surface area contributed by atoms with Crippen molar-refractivity contribution in [3.05, 3.63) is 29.8 Å². The third-order valence-corrected chi connectivity index (χ3v) is 10.9. The number of amides is 7. The second-order valence-corrected chi connectivity index (χ2v) is 17.9. The van der Waals surface area contributed by atoms with E-state index in [2.05, 4.69) is 42.2 Å². The highest BCUT2D eigenvalue weighted by molar-refractivity contribution is 5.97. The molecule has 0 saturated carbocycles. The Labute approximate surface area is 404 Å².